The van der Waals surface area contributed by atoms with Crippen LogP contribution in [0.4, 0.5) is 4.39 Å². The normalized spacial score (nSPS) is 10.7. The van der Waals surface area contributed by atoms with Crippen LogP contribution >= 0.6 is 0 Å². The second-order valence-electron chi connectivity index (χ2n) is 7.32. The summed E-state index contributed by atoms with van der Waals surface area (Å²) in [6, 6.07) is 19.2. The topological polar surface area (TPSA) is 47.6 Å². The van der Waals surface area contributed by atoms with Crippen LogP contribution in [0.25, 0.3) is 0 Å². The Morgan fingerprint density at radius 2 is 1.73 bits per heavy atom. The molecule has 3 aromatic carbocycles. The summed E-state index contributed by atoms with van der Waals surface area (Å²) in [6.07, 6.45) is 0. The van der Waals surface area contributed by atoms with E-state index in [1.165, 1.54) is 12.1 Å². The number of ether oxygens (including phenoxy) is 2. The highest BCUT2D eigenvalue weighted by Crippen LogP contribution is 2.28. The Morgan fingerprint density at radius 3 is 2.43 bits per heavy atom. The average molecular weight is 407 g/mol. The predicted molar refractivity (Wildman–Crippen MR) is 115 cm³/mol. The molecule has 4 nitrogen and oxygen atoms in total. The van der Waals surface area contributed by atoms with Gasteiger partial charge in [-0.05, 0) is 53.4 Å². The van der Waals surface area contributed by atoms with Gasteiger partial charge < -0.3 is 14.8 Å². The van der Waals surface area contributed by atoms with Crippen LogP contribution < -0.4 is 14.8 Å². The fourth-order valence-electron chi connectivity index (χ4n) is 3.16. The van der Waals surface area contributed by atoms with E-state index in [-0.39, 0.29) is 18.3 Å². The second-order valence-corrected chi connectivity index (χ2v) is 7.32. The first-order valence-electron chi connectivity index (χ1n) is 9.89. The maximum absolute atomic E-state index is 13.0. The summed E-state index contributed by atoms with van der Waals surface area (Å²) < 4.78 is 24.5. The molecule has 0 aliphatic heterocycles. The summed E-state index contributed by atoms with van der Waals surface area (Å²) in [4.78, 5) is 12.6. The Bertz CT molecular complexity index is 1000. The van der Waals surface area contributed by atoms with Gasteiger partial charge in [-0.2, -0.15) is 0 Å². The van der Waals surface area contributed by atoms with Crippen molar-refractivity contribution >= 4 is 5.91 Å². The van der Waals surface area contributed by atoms with Crippen molar-refractivity contribution in [3.8, 4) is 11.5 Å². The van der Waals surface area contributed by atoms with Gasteiger partial charge in [0.05, 0.1) is 7.11 Å². The molecule has 0 aliphatic rings. The quantitative estimate of drug-likeness (QED) is 0.539. The van der Waals surface area contributed by atoms with Crippen LogP contribution in [0.15, 0.2) is 66.7 Å². The standard InChI is InChI=1S/C25H26FNO3/c1-17(2)22-6-4-5-7-24(22)30-16-20-14-19(10-13-23(20)29-3)25(28)27-15-18-8-11-21(26)12-9-18/h4-14,17H,15-16H2,1-3H3,(H,27,28). The lowest BCUT2D eigenvalue weighted by Gasteiger charge is -2.16. The van der Waals surface area contributed by atoms with Crippen molar-refractivity contribution in [3.63, 3.8) is 0 Å². The summed E-state index contributed by atoms with van der Waals surface area (Å²) >= 11 is 0. The van der Waals surface area contributed by atoms with E-state index in [1.54, 1.807) is 37.4 Å². The molecule has 0 fully saturated rings. The minimum atomic E-state index is -0.302. The second kappa shape index (κ2) is 9.92. The number of amides is 1. The number of hydrogen-bond donors (Lipinski definition) is 1. The summed E-state index contributed by atoms with van der Waals surface area (Å²) in [7, 11) is 1.59. The summed E-state index contributed by atoms with van der Waals surface area (Å²) in [5.41, 5.74) is 3.25. The van der Waals surface area contributed by atoms with Crippen LogP contribution in [0.3, 0.4) is 0 Å². The van der Waals surface area contributed by atoms with Gasteiger partial charge in [-0.15, -0.1) is 0 Å². The van der Waals surface area contributed by atoms with Gasteiger partial charge in [0.1, 0.15) is 23.9 Å². The van der Waals surface area contributed by atoms with Crippen molar-refractivity contribution in [2.45, 2.75) is 32.9 Å². The molecular weight excluding hydrogens is 381 g/mol. The summed E-state index contributed by atoms with van der Waals surface area (Å²) in [6.45, 7) is 4.84. The number of carbonyl (C=O) groups is 1. The fourth-order valence-corrected chi connectivity index (χ4v) is 3.16. The van der Waals surface area contributed by atoms with E-state index < -0.39 is 0 Å². The minimum Gasteiger partial charge on any atom is -0.496 e. The Morgan fingerprint density at radius 1 is 1.00 bits per heavy atom. The van der Waals surface area contributed by atoms with Gasteiger partial charge in [0.15, 0.2) is 0 Å². The third-order valence-corrected chi connectivity index (χ3v) is 4.83. The van der Waals surface area contributed by atoms with Crippen molar-refractivity contribution < 1.29 is 18.7 Å². The molecule has 0 unspecified atom stereocenters. The molecular formula is C25H26FNO3. The molecule has 0 saturated heterocycles. The molecule has 0 bridgehead atoms. The third kappa shape index (κ3) is 5.38. The molecule has 1 N–H and O–H groups in total. The van der Waals surface area contributed by atoms with Gasteiger partial charge in [-0.1, -0.05) is 44.2 Å². The van der Waals surface area contributed by atoms with Gasteiger partial charge in [0, 0.05) is 17.7 Å². The molecule has 156 valence electrons. The first-order valence-corrected chi connectivity index (χ1v) is 9.89. The monoisotopic (exact) mass is 407 g/mol. The SMILES string of the molecule is COc1ccc(C(=O)NCc2ccc(F)cc2)cc1COc1ccccc1C(C)C. The summed E-state index contributed by atoms with van der Waals surface area (Å²) in [5.74, 6) is 1.30. The molecule has 5 heteroatoms. The van der Waals surface area contributed by atoms with Gasteiger partial charge >= 0.3 is 0 Å². The van der Waals surface area contributed by atoms with Gasteiger partial charge in [-0.3, -0.25) is 4.79 Å². The van der Waals surface area contributed by atoms with Crippen molar-refractivity contribution in [1.29, 1.82) is 0 Å². The van der Waals surface area contributed by atoms with Crippen LogP contribution in [-0.4, -0.2) is 13.0 Å². The lowest BCUT2D eigenvalue weighted by Crippen LogP contribution is -2.23. The van der Waals surface area contributed by atoms with E-state index in [4.69, 9.17) is 9.47 Å². The molecule has 3 aromatic rings. The first-order chi connectivity index (χ1) is 14.5. The molecule has 0 radical (unpaired) electrons. The van der Waals surface area contributed by atoms with Crippen LogP contribution in [0, 0.1) is 5.82 Å². The van der Waals surface area contributed by atoms with E-state index in [9.17, 15) is 9.18 Å². The Kier molecular flexibility index (Phi) is 7.07. The molecule has 0 aromatic heterocycles. The number of hydrogen-bond acceptors (Lipinski definition) is 3. The Balaban J connectivity index is 1.71. The number of rotatable bonds is 8. The fraction of sp³-hybridized carbons (Fsp3) is 0.240. The van der Waals surface area contributed by atoms with Crippen LogP contribution in [0.2, 0.25) is 0 Å². The number of nitrogens with one attached hydrogen (secondary N) is 1. The third-order valence-electron chi connectivity index (χ3n) is 4.83. The molecule has 30 heavy (non-hydrogen) atoms. The van der Waals surface area contributed by atoms with Gasteiger partial charge in [-0.25, -0.2) is 4.39 Å². The maximum Gasteiger partial charge on any atom is 0.251 e. The van der Waals surface area contributed by atoms with Gasteiger partial charge in [0.2, 0.25) is 0 Å². The highest BCUT2D eigenvalue weighted by Gasteiger charge is 2.13. The largest absolute Gasteiger partial charge is 0.496 e. The van der Waals surface area contributed by atoms with E-state index in [0.717, 1.165) is 22.4 Å². The van der Waals surface area contributed by atoms with E-state index in [1.807, 2.05) is 18.2 Å². The average Bonchev–Trinajstić information content (AvgIpc) is 2.77. The van der Waals surface area contributed by atoms with E-state index in [0.29, 0.717) is 23.8 Å². The highest BCUT2D eigenvalue weighted by molar-refractivity contribution is 5.94. The zero-order chi connectivity index (χ0) is 21.5. The van der Waals surface area contributed by atoms with Crippen LogP contribution in [-0.2, 0) is 13.2 Å². The van der Waals surface area contributed by atoms with E-state index >= 15 is 0 Å². The zero-order valence-electron chi connectivity index (χ0n) is 17.4. The predicted octanol–water partition coefficient (Wildman–Crippen LogP) is 5.47. The zero-order valence-corrected chi connectivity index (χ0v) is 17.4. The molecule has 3 rings (SSSR count). The molecule has 0 aliphatic carbocycles. The number of carbonyl (C=O) groups excluding carboxylic acids is 1. The molecule has 0 spiro atoms. The summed E-state index contributed by atoms with van der Waals surface area (Å²) in [5, 5.41) is 2.85. The Hall–Kier alpha value is -3.34. The highest BCUT2D eigenvalue weighted by atomic mass is 19.1. The molecule has 0 heterocycles. The maximum atomic E-state index is 13.0. The molecule has 0 atom stereocenters. The first kappa shape index (κ1) is 21.4. The Labute approximate surface area is 176 Å². The van der Waals surface area contributed by atoms with Crippen LogP contribution in [0.5, 0.6) is 11.5 Å². The molecule has 1 amide bonds. The number of para-hydroxylation sites is 1. The lowest BCUT2D eigenvalue weighted by atomic mass is 10.0. The molecule has 0 saturated carbocycles. The van der Waals surface area contributed by atoms with Crippen molar-refractivity contribution in [2.24, 2.45) is 0 Å². The van der Waals surface area contributed by atoms with E-state index in [2.05, 4.69) is 25.2 Å². The smallest absolute Gasteiger partial charge is 0.251 e. The number of methoxy groups -OCH3 is 1. The van der Waals surface area contributed by atoms with Crippen molar-refractivity contribution in [1.82, 2.24) is 5.32 Å². The number of halogens is 1. The van der Waals surface area contributed by atoms with Crippen molar-refractivity contribution in [2.75, 3.05) is 7.11 Å². The lowest BCUT2D eigenvalue weighted by molar-refractivity contribution is 0.0950. The van der Waals surface area contributed by atoms with Crippen molar-refractivity contribution in [3.05, 3.63) is 94.8 Å². The van der Waals surface area contributed by atoms with Gasteiger partial charge in [0.25, 0.3) is 5.91 Å². The number of benzene rings is 3. The van der Waals surface area contributed by atoms with Crippen LogP contribution in [0.1, 0.15) is 46.8 Å². The minimum absolute atomic E-state index is 0.217.